The topological polar surface area (TPSA) is 34.9 Å². The number of halogens is 2. The highest BCUT2D eigenvalue weighted by Crippen LogP contribution is 2.13. The van der Waals surface area contributed by atoms with Gasteiger partial charge in [0.05, 0.1) is 4.47 Å². The van der Waals surface area contributed by atoms with Crippen molar-refractivity contribution in [3.63, 3.8) is 0 Å². The van der Waals surface area contributed by atoms with Crippen molar-refractivity contribution < 1.29 is 4.39 Å². The highest BCUT2D eigenvalue weighted by atomic mass is 79.9. The van der Waals surface area contributed by atoms with E-state index in [0.29, 0.717) is 12.0 Å². The second-order valence-corrected chi connectivity index (χ2v) is 3.16. The van der Waals surface area contributed by atoms with Crippen molar-refractivity contribution in [3.8, 4) is 0 Å². The molecule has 1 heterocycles. The highest BCUT2D eigenvalue weighted by molar-refractivity contribution is 9.10. The molecule has 0 aromatic carbocycles. The lowest BCUT2D eigenvalue weighted by molar-refractivity contribution is 0.502. The third-order valence-electron chi connectivity index (χ3n) is 1.59. The van der Waals surface area contributed by atoms with Crippen LogP contribution in [-0.2, 0) is 13.5 Å². The molecule has 0 amide bonds. The van der Waals surface area contributed by atoms with Crippen molar-refractivity contribution in [1.29, 1.82) is 0 Å². The number of nitrogens with zero attached hydrogens (tertiary/aromatic N) is 2. The minimum atomic E-state index is -0.591. The summed E-state index contributed by atoms with van der Waals surface area (Å²) in [5.74, 6) is -0.591. The highest BCUT2D eigenvalue weighted by Gasteiger charge is 2.11. The summed E-state index contributed by atoms with van der Waals surface area (Å²) in [7, 11) is 1.41. The molecule has 1 aromatic rings. The zero-order chi connectivity index (χ0) is 11.3. The Labute approximate surface area is 91.1 Å². The summed E-state index contributed by atoms with van der Waals surface area (Å²) in [6, 6.07) is 0. The van der Waals surface area contributed by atoms with Crippen molar-refractivity contribution in [2.75, 3.05) is 0 Å². The summed E-state index contributed by atoms with van der Waals surface area (Å²) in [6.07, 6.45) is 0.454. The van der Waals surface area contributed by atoms with Gasteiger partial charge in [0.1, 0.15) is 0 Å². The lowest BCUT2D eigenvalue weighted by atomic mass is 10.2. The van der Waals surface area contributed by atoms with E-state index in [1.807, 2.05) is 13.8 Å². The standard InChI is InChI=1S/C7H8BrFN2O.C2H6/c1-3-4-5(8)7(12)11(2)10-6(4)9;1-2/h3H2,1-2H3;1-2H3. The minimum absolute atomic E-state index is 0.264. The Bertz CT molecular complexity index is 363. The molecule has 1 rings (SSSR count). The van der Waals surface area contributed by atoms with E-state index in [9.17, 15) is 9.18 Å². The molecular weight excluding hydrogens is 251 g/mol. The number of aromatic nitrogens is 2. The average Bonchev–Trinajstić information content (AvgIpc) is 2.18. The molecule has 80 valence electrons. The molecule has 0 radical (unpaired) electrons. The second-order valence-electron chi connectivity index (χ2n) is 2.37. The van der Waals surface area contributed by atoms with Gasteiger partial charge in [0, 0.05) is 12.6 Å². The predicted molar refractivity (Wildman–Crippen MR) is 57.9 cm³/mol. The number of rotatable bonds is 1. The van der Waals surface area contributed by atoms with E-state index in [1.165, 1.54) is 7.05 Å². The molecular formula is C9H14BrFN2O. The molecule has 0 aliphatic carbocycles. The molecule has 0 bridgehead atoms. The van der Waals surface area contributed by atoms with Gasteiger partial charge in [-0.25, -0.2) is 4.68 Å². The van der Waals surface area contributed by atoms with Crippen LogP contribution in [-0.4, -0.2) is 9.78 Å². The van der Waals surface area contributed by atoms with Crippen LogP contribution < -0.4 is 5.56 Å². The van der Waals surface area contributed by atoms with Crippen LogP contribution >= 0.6 is 15.9 Å². The van der Waals surface area contributed by atoms with Crippen LogP contribution in [0.1, 0.15) is 26.3 Å². The fourth-order valence-corrected chi connectivity index (χ4v) is 1.60. The van der Waals surface area contributed by atoms with E-state index >= 15 is 0 Å². The number of aryl methyl sites for hydroxylation is 1. The van der Waals surface area contributed by atoms with Crippen molar-refractivity contribution in [2.24, 2.45) is 7.05 Å². The van der Waals surface area contributed by atoms with Gasteiger partial charge in [0.2, 0.25) is 5.95 Å². The van der Waals surface area contributed by atoms with Crippen LogP contribution in [0.15, 0.2) is 9.27 Å². The number of hydrogen-bond donors (Lipinski definition) is 0. The minimum Gasteiger partial charge on any atom is -0.267 e. The summed E-state index contributed by atoms with van der Waals surface area (Å²) in [5.41, 5.74) is 0.0198. The van der Waals surface area contributed by atoms with Crippen LogP contribution in [0, 0.1) is 5.95 Å². The van der Waals surface area contributed by atoms with Gasteiger partial charge in [0.15, 0.2) is 0 Å². The quantitative estimate of drug-likeness (QED) is 0.780. The van der Waals surface area contributed by atoms with Gasteiger partial charge >= 0.3 is 0 Å². The zero-order valence-corrected chi connectivity index (χ0v) is 10.4. The molecule has 0 atom stereocenters. The first kappa shape index (κ1) is 13.3. The molecule has 0 unspecified atom stereocenters. The smallest absolute Gasteiger partial charge is 0.267 e. The Kier molecular flexibility index (Phi) is 5.60. The summed E-state index contributed by atoms with van der Waals surface area (Å²) in [6.45, 7) is 5.77. The second kappa shape index (κ2) is 5.90. The molecule has 0 aliphatic heterocycles. The van der Waals surface area contributed by atoms with E-state index in [4.69, 9.17) is 0 Å². The first-order valence-electron chi connectivity index (χ1n) is 4.49. The van der Waals surface area contributed by atoms with Gasteiger partial charge in [-0.15, -0.1) is 5.10 Å². The number of hydrogen-bond acceptors (Lipinski definition) is 2. The molecule has 3 nitrogen and oxygen atoms in total. The van der Waals surface area contributed by atoms with Crippen LogP contribution in [0.4, 0.5) is 4.39 Å². The maximum Gasteiger partial charge on any atom is 0.281 e. The molecule has 0 saturated carbocycles. The maximum atomic E-state index is 13.0. The van der Waals surface area contributed by atoms with Gasteiger partial charge in [-0.2, -0.15) is 4.39 Å². The molecule has 14 heavy (non-hydrogen) atoms. The van der Waals surface area contributed by atoms with Crippen LogP contribution in [0.25, 0.3) is 0 Å². The third kappa shape index (κ3) is 2.64. The zero-order valence-electron chi connectivity index (χ0n) is 8.77. The Morgan fingerprint density at radius 3 is 2.43 bits per heavy atom. The maximum absolute atomic E-state index is 13.0. The van der Waals surface area contributed by atoms with E-state index in [0.717, 1.165) is 4.68 Å². The third-order valence-corrected chi connectivity index (χ3v) is 2.40. The average molecular weight is 265 g/mol. The first-order chi connectivity index (χ1) is 6.57. The van der Waals surface area contributed by atoms with Gasteiger partial charge in [-0.3, -0.25) is 4.79 Å². The Morgan fingerprint density at radius 1 is 1.50 bits per heavy atom. The molecule has 0 spiro atoms. The molecule has 0 fully saturated rings. The van der Waals surface area contributed by atoms with Crippen molar-refractivity contribution in [3.05, 3.63) is 26.3 Å². The molecule has 1 aromatic heterocycles. The van der Waals surface area contributed by atoms with Gasteiger partial charge < -0.3 is 0 Å². The summed E-state index contributed by atoms with van der Waals surface area (Å²) in [5, 5.41) is 3.41. The van der Waals surface area contributed by atoms with Gasteiger partial charge in [-0.05, 0) is 22.4 Å². The van der Waals surface area contributed by atoms with Crippen molar-refractivity contribution in [2.45, 2.75) is 27.2 Å². The van der Waals surface area contributed by atoms with Crippen molar-refractivity contribution >= 4 is 15.9 Å². The molecule has 0 N–H and O–H groups in total. The first-order valence-corrected chi connectivity index (χ1v) is 5.28. The van der Waals surface area contributed by atoms with E-state index in [2.05, 4.69) is 21.0 Å². The Hall–Kier alpha value is -0.710. The van der Waals surface area contributed by atoms with Crippen LogP contribution in [0.5, 0.6) is 0 Å². The molecule has 0 saturated heterocycles. The van der Waals surface area contributed by atoms with Crippen LogP contribution in [0.3, 0.4) is 0 Å². The monoisotopic (exact) mass is 264 g/mol. The lowest BCUT2D eigenvalue weighted by Crippen LogP contribution is -2.23. The normalized spacial score (nSPS) is 9.29. The fourth-order valence-electron chi connectivity index (χ4n) is 0.900. The Balaban J connectivity index is 0.000000791. The summed E-state index contributed by atoms with van der Waals surface area (Å²) in [4.78, 5) is 11.2. The van der Waals surface area contributed by atoms with Crippen molar-refractivity contribution in [1.82, 2.24) is 9.78 Å². The van der Waals surface area contributed by atoms with E-state index < -0.39 is 5.95 Å². The lowest BCUT2D eigenvalue weighted by Gasteiger charge is -2.03. The van der Waals surface area contributed by atoms with Gasteiger partial charge in [-0.1, -0.05) is 20.8 Å². The molecule has 5 heteroatoms. The Morgan fingerprint density at radius 2 is 2.00 bits per heavy atom. The largest absolute Gasteiger partial charge is 0.281 e. The van der Waals surface area contributed by atoms with Gasteiger partial charge in [0.25, 0.3) is 5.56 Å². The SMILES string of the molecule is CC.CCc1c(F)nn(C)c(=O)c1Br. The van der Waals surface area contributed by atoms with E-state index in [-0.39, 0.29) is 10.0 Å². The summed E-state index contributed by atoms with van der Waals surface area (Å²) >= 11 is 3.03. The molecule has 0 aliphatic rings. The van der Waals surface area contributed by atoms with E-state index in [1.54, 1.807) is 6.92 Å². The van der Waals surface area contributed by atoms with Crippen LogP contribution in [0.2, 0.25) is 0 Å². The fraction of sp³-hybridized carbons (Fsp3) is 0.556. The predicted octanol–water partition coefficient (Wildman–Crippen LogP) is 2.27. The summed E-state index contributed by atoms with van der Waals surface area (Å²) < 4.78 is 14.2.